The Labute approximate surface area is 76.3 Å². The molecule has 0 spiro atoms. The zero-order valence-electron chi connectivity index (χ0n) is 6.86. The molecule has 8 heteroatoms. The lowest BCUT2D eigenvalue weighted by atomic mass is 10.4. The van der Waals surface area contributed by atoms with Crippen molar-refractivity contribution in [3.8, 4) is 0 Å². The summed E-state index contributed by atoms with van der Waals surface area (Å²) in [7, 11) is 0. The van der Waals surface area contributed by atoms with Crippen LogP contribution in [0, 0.1) is 10.1 Å². The Bertz CT molecular complexity index is 333. The van der Waals surface area contributed by atoms with Gasteiger partial charge in [0.05, 0.1) is 30.3 Å². The molecule has 0 fully saturated rings. The van der Waals surface area contributed by atoms with Gasteiger partial charge in [-0.05, 0) is 4.92 Å². The molecule has 0 saturated carbocycles. The second kappa shape index (κ2) is 3.64. The van der Waals surface area contributed by atoms with Crippen LogP contribution < -0.4 is 0 Å². The Hall–Kier alpha value is -1.60. The molecule has 0 aliphatic heterocycles. The smallest absolute Gasteiger partial charge is 0.358 e. The summed E-state index contributed by atoms with van der Waals surface area (Å²) in [6, 6.07) is 1.05. The van der Waals surface area contributed by atoms with Gasteiger partial charge in [-0.3, -0.25) is 0 Å². The van der Waals surface area contributed by atoms with E-state index in [9.17, 15) is 23.3 Å². The first-order valence-electron chi connectivity index (χ1n) is 3.63. The number of nitrogens with zero attached hydrogens (tertiary/aromatic N) is 3. The summed E-state index contributed by atoms with van der Waals surface area (Å²) < 4.78 is 36.1. The van der Waals surface area contributed by atoms with Crippen molar-refractivity contribution in [2.45, 2.75) is 19.1 Å². The van der Waals surface area contributed by atoms with Gasteiger partial charge in [0.1, 0.15) is 0 Å². The van der Waals surface area contributed by atoms with Crippen LogP contribution in [0.1, 0.15) is 6.42 Å². The van der Waals surface area contributed by atoms with E-state index < -0.39 is 29.9 Å². The number of hydrogen-bond acceptors (Lipinski definition) is 3. The van der Waals surface area contributed by atoms with Crippen molar-refractivity contribution in [3.05, 3.63) is 22.4 Å². The predicted octanol–water partition coefficient (Wildman–Crippen LogP) is 1.74. The van der Waals surface area contributed by atoms with Gasteiger partial charge in [0, 0.05) is 0 Å². The number of alkyl halides is 3. The molecule has 0 bridgehead atoms. The molecule has 1 rings (SSSR count). The number of nitro groups is 1. The number of aryl methyl sites for hydroxylation is 1. The van der Waals surface area contributed by atoms with Crippen LogP contribution in [-0.2, 0) is 6.54 Å². The predicted molar refractivity (Wildman–Crippen MR) is 39.6 cm³/mol. The quantitative estimate of drug-likeness (QED) is 0.562. The third kappa shape index (κ3) is 3.04. The Morgan fingerprint density at radius 2 is 2.21 bits per heavy atom. The summed E-state index contributed by atoms with van der Waals surface area (Å²) in [4.78, 5) is 9.36. The topological polar surface area (TPSA) is 61.0 Å². The maximum Gasteiger partial charge on any atom is 0.390 e. The lowest BCUT2D eigenvalue weighted by Crippen LogP contribution is -2.12. The first-order valence-corrected chi connectivity index (χ1v) is 3.63. The molecule has 1 aromatic heterocycles. The monoisotopic (exact) mass is 209 g/mol. The molecule has 0 aliphatic carbocycles. The maximum atomic E-state index is 11.7. The highest BCUT2D eigenvalue weighted by atomic mass is 19.4. The summed E-state index contributed by atoms with van der Waals surface area (Å²) in [5.74, 6) is -0.452. The van der Waals surface area contributed by atoms with E-state index in [4.69, 9.17) is 0 Å². The Morgan fingerprint density at radius 3 is 2.64 bits per heavy atom. The molecule has 5 nitrogen and oxygen atoms in total. The minimum atomic E-state index is -4.28. The van der Waals surface area contributed by atoms with E-state index in [1.165, 1.54) is 0 Å². The summed E-state index contributed by atoms with van der Waals surface area (Å²) in [5, 5.41) is 13.5. The van der Waals surface area contributed by atoms with E-state index in [-0.39, 0.29) is 0 Å². The van der Waals surface area contributed by atoms with Gasteiger partial charge in [-0.1, -0.05) is 0 Å². The molecule has 0 amide bonds. The highest BCUT2D eigenvalue weighted by Gasteiger charge is 2.27. The van der Waals surface area contributed by atoms with Crippen molar-refractivity contribution in [1.82, 2.24) is 9.78 Å². The van der Waals surface area contributed by atoms with E-state index in [0.29, 0.717) is 0 Å². The van der Waals surface area contributed by atoms with Crippen LogP contribution in [0.2, 0.25) is 0 Å². The largest absolute Gasteiger partial charge is 0.390 e. The van der Waals surface area contributed by atoms with Gasteiger partial charge in [-0.15, -0.1) is 0 Å². The number of hydrogen-bond donors (Lipinski definition) is 0. The molecule has 0 radical (unpaired) electrons. The summed E-state index contributed by atoms with van der Waals surface area (Å²) >= 11 is 0. The normalized spacial score (nSPS) is 11.6. The molecule has 1 heterocycles. The fourth-order valence-electron chi connectivity index (χ4n) is 0.814. The van der Waals surface area contributed by atoms with E-state index >= 15 is 0 Å². The van der Waals surface area contributed by atoms with Crippen molar-refractivity contribution >= 4 is 5.82 Å². The summed E-state index contributed by atoms with van der Waals surface area (Å²) in [6.45, 7) is -0.405. The van der Waals surface area contributed by atoms with Gasteiger partial charge in [0.25, 0.3) is 0 Å². The van der Waals surface area contributed by atoms with E-state index in [2.05, 4.69) is 5.10 Å². The average Bonchev–Trinajstić information content (AvgIpc) is 2.47. The van der Waals surface area contributed by atoms with Crippen LogP contribution in [0.5, 0.6) is 0 Å². The number of aromatic nitrogens is 2. The molecule has 0 aliphatic rings. The Balaban J connectivity index is 2.56. The third-order valence-electron chi connectivity index (χ3n) is 1.44. The van der Waals surface area contributed by atoms with Crippen LogP contribution in [-0.4, -0.2) is 20.9 Å². The first kappa shape index (κ1) is 10.5. The molecule has 14 heavy (non-hydrogen) atoms. The van der Waals surface area contributed by atoms with E-state index in [1.54, 1.807) is 0 Å². The highest BCUT2D eigenvalue weighted by Crippen LogP contribution is 2.20. The van der Waals surface area contributed by atoms with Crippen LogP contribution in [0.4, 0.5) is 19.0 Å². The molecular weight excluding hydrogens is 203 g/mol. The summed E-state index contributed by atoms with van der Waals surface area (Å²) in [5.41, 5.74) is 0. The van der Waals surface area contributed by atoms with E-state index in [1.807, 2.05) is 0 Å². The van der Waals surface area contributed by atoms with Crippen molar-refractivity contribution in [3.63, 3.8) is 0 Å². The number of halogens is 3. The van der Waals surface area contributed by atoms with Crippen molar-refractivity contribution in [2.24, 2.45) is 0 Å². The Kier molecular flexibility index (Phi) is 2.73. The standard InChI is InChI=1S/C6H6F3N3O2/c7-6(8,9)2-4-11-3-1-5(10-11)12(13)14/h1,3H,2,4H2. The lowest BCUT2D eigenvalue weighted by Gasteiger charge is -2.02. The molecule has 1 aromatic rings. The molecule has 0 saturated heterocycles. The fraction of sp³-hybridized carbons (Fsp3) is 0.500. The SMILES string of the molecule is O=[N+]([O-])c1ccn(CCC(F)(F)F)n1. The lowest BCUT2D eigenvalue weighted by molar-refractivity contribution is -0.389. The van der Waals surface area contributed by atoms with Crippen molar-refractivity contribution in [2.75, 3.05) is 0 Å². The Morgan fingerprint density at radius 1 is 1.57 bits per heavy atom. The molecule has 0 atom stereocenters. The second-order valence-corrected chi connectivity index (χ2v) is 2.56. The van der Waals surface area contributed by atoms with Gasteiger partial charge in [0.15, 0.2) is 0 Å². The average molecular weight is 209 g/mol. The zero-order chi connectivity index (χ0) is 10.8. The first-order chi connectivity index (χ1) is 6.38. The van der Waals surface area contributed by atoms with Crippen LogP contribution in [0.15, 0.2) is 12.3 Å². The zero-order valence-corrected chi connectivity index (χ0v) is 6.86. The molecule has 78 valence electrons. The van der Waals surface area contributed by atoms with Crippen LogP contribution in [0.3, 0.4) is 0 Å². The van der Waals surface area contributed by atoms with Gasteiger partial charge in [0.2, 0.25) is 0 Å². The van der Waals surface area contributed by atoms with Crippen LogP contribution >= 0.6 is 0 Å². The minimum Gasteiger partial charge on any atom is -0.358 e. The minimum absolute atomic E-state index is 0.405. The fourth-order valence-corrected chi connectivity index (χ4v) is 0.814. The van der Waals surface area contributed by atoms with Crippen molar-refractivity contribution < 1.29 is 18.1 Å². The summed E-state index contributed by atoms with van der Waals surface area (Å²) in [6.07, 6.45) is -4.18. The van der Waals surface area contributed by atoms with Gasteiger partial charge >= 0.3 is 12.0 Å². The van der Waals surface area contributed by atoms with Gasteiger partial charge in [-0.25, -0.2) is 0 Å². The van der Waals surface area contributed by atoms with Gasteiger partial charge < -0.3 is 10.1 Å². The molecule has 0 N–H and O–H groups in total. The molecule has 0 unspecified atom stereocenters. The van der Waals surface area contributed by atoms with Crippen LogP contribution in [0.25, 0.3) is 0 Å². The number of rotatable bonds is 3. The third-order valence-corrected chi connectivity index (χ3v) is 1.44. The van der Waals surface area contributed by atoms with Gasteiger partial charge in [-0.2, -0.15) is 17.9 Å². The van der Waals surface area contributed by atoms with E-state index in [0.717, 1.165) is 16.9 Å². The maximum absolute atomic E-state index is 11.7. The molecule has 0 aromatic carbocycles. The highest BCUT2D eigenvalue weighted by molar-refractivity contribution is 5.13. The second-order valence-electron chi connectivity index (χ2n) is 2.56. The molecular formula is C6H6F3N3O2. The van der Waals surface area contributed by atoms with Crippen molar-refractivity contribution in [1.29, 1.82) is 0 Å².